The van der Waals surface area contributed by atoms with E-state index in [-0.39, 0.29) is 0 Å². The van der Waals surface area contributed by atoms with Gasteiger partial charge in [-0.15, -0.1) is 0 Å². The summed E-state index contributed by atoms with van der Waals surface area (Å²) in [5.74, 6) is 0.915. The third-order valence-corrected chi connectivity index (χ3v) is 3.50. The van der Waals surface area contributed by atoms with Gasteiger partial charge >= 0.3 is 0 Å². The summed E-state index contributed by atoms with van der Waals surface area (Å²) in [6.45, 7) is 2.34. The monoisotopic (exact) mass is 212 g/mol. The molecule has 2 fully saturated rings. The van der Waals surface area contributed by atoms with Gasteiger partial charge in [-0.25, -0.2) is 0 Å². The summed E-state index contributed by atoms with van der Waals surface area (Å²) in [5, 5.41) is 7.65. The van der Waals surface area contributed by atoms with E-state index in [2.05, 4.69) is 17.6 Å². The van der Waals surface area contributed by atoms with Crippen molar-refractivity contribution in [2.45, 2.75) is 57.5 Å². The molecule has 3 heteroatoms. The molecule has 2 N–H and O–H groups in total. The van der Waals surface area contributed by atoms with Crippen molar-refractivity contribution in [1.29, 1.82) is 0 Å². The first-order valence-corrected chi connectivity index (χ1v) is 6.22. The average Bonchev–Trinajstić information content (AvgIpc) is 2.93. The summed E-state index contributed by atoms with van der Waals surface area (Å²) in [5.41, 5.74) is 0. The minimum absolute atomic E-state index is 0.630. The van der Waals surface area contributed by atoms with Crippen molar-refractivity contribution < 1.29 is 0 Å². The van der Waals surface area contributed by atoms with Crippen LogP contribution in [0.25, 0.3) is 0 Å². The molecular weight excluding hydrogens is 192 g/mol. The minimum Gasteiger partial charge on any atom is -0.360 e. The Bertz CT molecular complexity index is 205. The molecular formula is C11H20N2S. The van der Waals surface area contributed by atoms with E-state index in [1.54, 1.807) is 0 Å². The summed E-state index contributed by atoms with van der Waals surface area (Å²) in [6, 6.07) is 1.31. The van der Waals surface area contributed by atoms with Crippen molar-refractivity contribution in [3.05, 3.63) is 0 Å². The normalized spacial score (nSPS) is 32.4. The maximum atomic E-state index is 5.26. The average molecular weight is 212 g/mol. The highest BCUT2D eigenvalue weighted by Gasteiger charge is 2.23. The maximum Gasteiger partial charge on any atom is 0.166 e. The maximum absolute atomic E-state index is 5.26. The first kappa shape index (κ1) is 10.2. The predicted octanol–water partition coefficient (Wildman–Crippen LogP) is 2.19. The van der Waals surface area contributed by atoms with Crippen LogP contribution in [-0.4, -0.2) is 17.2 Å². The molecule has 2 nitrogen and oxygen atoms in total. The highest BCUT2D eigenvalue weighted by atomic mass is 32.1. The Labute approximate surface area is 91.8 Å². The van der Waals surface area contributed by atoms with Crippen LogP contribution in [0.2, 0.25) is 0 Å². The van der Waals surface area contributed by atoms with Crippen molar-refractivity contribution in [2.75, 3.05) is 0 Å². The van der Waals surface area contributed by atoms with Crippen LogP contribution in [-0.2, 0) is 0 Å². The van der Waals surface area contributed by atoms with E-state index >= 15 is 0 Å². The highest BCUT2D eigenvalue weighted by molar-refractivity contribution is 7.80. The second-order valence-electron chi connectivity index (χ2n) is 4.85. The molecule has 0 aromatic heterocycles. The Hall–Kier alpha value is -0.310. The third-order valence-electron chi connectivity index (χ3n) is 3.26. The number of hydrogen-bond acceptors (Lipinski definition) is 1. The van der Waals surface area contributed by atoms with E-state index in [9.17, 15) is 0 Å². The van der Waals surface area contributed by atoms with Gasteiger partial charge in [0.05, 0.1) is 0 Å². The van der Waals surface area contributed by atoms with Gasteiger partial charge < -0.3 is 10.6 Å². The van der Waals surface area contributed by atoms with Crippen LogP contribution in [0.15, 0.2) is 0 Å². The van der Waals surface area contributed by atoms with E-state index in [4.69, 9.17) is 12.2 Å². The van der Waals surface area contributed by atoms with Crippen LogP contribution in [0.4, 0.5) is 0 Å². The molecule has 0 aliphatic heterocycles. The van der Waals surface area contributed by atoms with Gasteiger partial charge in [-0.2, -0.15) is 0 Å². The van der Waals surface area contributed by atoms with Crippen LogP contribution in [0.5, 0.6) is 0 Å². The van der Waals surface area contributed by atoms with Gasteiger partial charge in [-0.3, -0.25) is 0 Å². The summed E-state index contributed by atoms with van der Waals surface area (Å²) < 4.78 is 0. The molecule has 0 aromatic rings. The molecule has 0 radical (unpaired) electrons. The molecule has 14 heavy (non-hydrogen) atoms. The first-order chi connectivity index (χ1) is 6.74. The van der Waals surface area contributed by atoms with Gasteiger partial charge in [0.1, 0.15) is 0 Å². The molecule has 0 amide bonds. The second-order valence-corrected chi connectivity index (χ2v) is 5.26. The molecule has 0 bridgehead atoms. The van der Waals surface area contributed by atoms with Crippen molar-refractivity contribution in [2.24, 2.45) is 5.92 Å². The Balaban J connectivity index is 1.66. The van der Waals surface area contributed by atoms with Crippen LogP contribution in [0, 0.1) is 5.92 Å². The summed E-state index contributed by atoms with van der Waals surface area (Å²) in [7, 11) is 0. The van der Waals surface area contributed by atoms with E-state index in [1.165, 1.54) is 38.5 Å². The summed E-state index contributed by atoms with van der Waals surface area (Å²) >= 11 is 5.26. The lowest BCUT2D eigenvalue weighted by Crippen LogP contribution is -2.44. The fourth-order valence-electron chi connectivity index (χ4n) is 2.04. The zero-order chi connectivity index (χ0) is 9.97. The van der Waals surface area contributed by atoms with Crippen molar-refractivity contribution in [1.82, 2.24) is 10.6 Å². The minimum atomic E-state index is 0.630. The lowest BCUT2D eigenvalue weighted by molar-refractivity contribution is 0.330. The van der Waals surface area contributed by atoms with Gasteiger partial charge in [-0.05, 0) is 56.7 Å². The molecule has 0 spiro atoms. The van der Waals surface area contributed by atoms with Crippen LogP contribution in [0.1, 0.15) is 45.4 Å². The van der Waals surface area contributed by atoms with Crippen molar-refractivity contribution >= 4 is 17.3 Å². The van der Waals surface area contributed by atoms with Crippen LogP contribution in [0.3, 0.4) is 0 Å². The zero-order valence-corrected chi connectivity index (χ0v) is 9.70. The fourth-order valence-corrected chi connectivity index (χ4v) is 2.38. The largest absolute Gasteiger partial charge is 0.360 e. The smallest absolute Gasteiger partial charge is 0.166 e. The molecule has 0 saturated heterocycles. The Kier molecular flexibility index (Phi) is 3.26. The number of nitrogens with one attached hydrogen (secondary N) is 2. The number of hydrogen-bond donors (Lipinski definition) is 2. The van der Waals surface area contributed by atoms with Crippen LogP contribution < -0.4 is 10.6 Å². The van der Waals surface area contributed by atoms with E-state index < -0.39 is 0 Å². The highest BCUT2D eigenvalue weighted by Crippen LogP contribution is 2.23. The lowest BCUT2D eigenvalue weighted by atomic mass is 9.87. The zero-order valence-electron chi connectivity index (χ0n) is 8.88. The third kappa shape index (κ3) is 3.12. The Morgan fingerprint density at radius 2 is 1.36 bits per heavy atom. The predicted molar refractivity (Wildman–Crippen MR) is 63.3 cm³/mol. The SMILES string of the molecule is CC1CCC(NC(=S)NC2CC2)CC1. The molecule has 2 saturated carbocycles. The molecule has 0 unspecified atom stereocenters. The lowest BCUT2D eigenvalue weighted by Gasteiger charge is -2.28. The fraction of sp³-hybridized carbons (Fsp3) is 0.909. The van der Waals surface area contributed by atoms with Gasteiger partial charge in [0.25, 0.3) is 0 Å². The topological polar surface area (TPSA) is 24.1 Å². The Morgan fingerprint density at radius 3 is 1.79 bits per heavy atom. The van der Waals surface area contributed by atoms with E-state index in [0.717, 1.165) is 11.0 Å². The van der Waals surface area contributed by atoms with Gasteiger partial charge in [0.15, 0.2) is 5.11 Å². The summed E-state index contributed by atoms with van der Waals surface area (Å²) in [4.78, 5) is 0. The first-order valence-electron chi connectivity index (χ1n) is 5.81. The molecule has 2 rings (SSSR count). The second kappa shape index (κ2) is 4.47. The summed E-state index contributed by atoms with van der Waals surface area (Å²) in [6.07, 6.45) is 7.86. The quantitative estimate of drug-likeness (QED) is 0.686. The molecule has 0 aromatic carbocycles. The van der Waals surface area contributed by atoms with Gasteiger partial charge in [0.2, 0.25) is 0 Å². The van der Waals surface area contributed by atoms with Crippen molar-refractivity contribution in [3.63, 3.8) is 0 Å². The number of rotatable bonds is 2. The van der Waals surface area contributed by atoms with Gasteiger partial charge in [-0.1, -0.05) is 6.92 Å². The number of thiocarbonyl (C=S) groups is 1. The van der Waals surface area contributed by atoms with Crippen molar-refractivity contribution in [3.8, 4) is 0 Å². The molecule has 0 atom stereocenters. The Morgan fingerprint density at radius 1 is 0.929 bits per heavy atom. The van der Waals surface area contributed by atoms with E-state index in [0.29, 0.717) is 12.1 Å². The molecule has 2 aliphatic rings. The molecule has 80 valence electrons. The standard InChI is InChI=1S/C11H20N2S/c1-8-2-4-9(5-3-8)12-11(14)13-10-6-7-10/h8-10H,2-7H2,1H3,(H2,12,13,14). The van der Waals surface area contributed by atoms with Gasteiger partial charge in [0, 0.05) is 12.1 Å². The molecule has 2 aliphatic carbocycles. The molecule has 0 heterocycles. The van der Waals surface area contributed by atoms with Crippen LogP contribution >= 0.6 is 12.2 Å². The van der Waals surface area contributed by atoms with E-state index in [1.807, 2.05) is 0 Å².